The maximum absolute atomic E-state index is 4.56. The van der Waals surface area contributed by atoms with Gasteiger partial charge in [0, 0.05) is 5.38 Å². The van der Waals surface area contributed by atoms with Gasteiger partial charge in [0.2, 0.25) is 0 Å². The molecular formula is C12H9N3S2. The summed E-state index contributed by atoms with van der Waals surface area (Å²) in [5.41, 5.74) is 3.18. The summed E-state index contributed by atoms with van der Waals surface area (Å²) >= 11 is 3.04. The monoisotopic (exact) mass is 259 g/mol. The van der Waals surface area contributed by atoms with Gasteiger partial charge in [0.05, 0.1) is 15.9 Å². The lowest BCUT2D eigenvalue weighted by atomic mass is 10.2. The fraction of sp³-hybridized carbons (Fsp3) is 0.0833. The first kappa shape index (κ1) is 10.6. The van der Waals surface area contributed by atoms with Crippen LogP contribution in [0, 0.1) is 6.92 Å². The van der Waals surface area contributed by atoms with Gasteiger partial charge < -0.3 is 0 Å². The highest BCUT2D eigenvalue weighted by Gasteiger charge is 2.01. The van der Waals surface area contributed by atoms with Gasteiger partial charge in [-0.05, 0) is 48.3 Å². The number of aromatic nitrogens is 3. The molecule has 3 rings (SSSR count). The molecule has 0 aliphatic rings. The Kier molecular flexibility index (Phi) is 2.70. The van der Waals surface area contributed by atoms with E-state index >= 15 is 0 Å². The molecule has 0 radical (unpaired) electrons. The number of hydrogen-bond donors (Lipinski definition) is 0. The quantitative estimate of drug-likeness (QED) is 0.705. The van der Waals surface area contributed by atoms with Crippen molar-refractivity contribution in [3.05, 3.63) is 39.8 Å². The first-order chi connectivity index (χ1) is 8.31. The van der Waals surface area contributed by atoms with Gasteiger partial charge in [-0.1, -0.05) is 10.6 Å². The normalized spacial score (nSPS) is 11.6. The van der Waals surface area contributed by atoms with E-state index in [1.807, 2.05) is 17.5 Å². The predicted octanol–water partition coefficient (Wildman–Crippen LogP) is 3.63. The van der Waals surface area contributed by atoms with Crippen LogP contribution in [0.3, 0.4) is 0 Å². The van der Waals surface area contributed by atoms with Crippen molar-refractivity contribution >= 4 is 45.2 Å². The van der Waals surface area contributed by atoms with Crippen molar-refractivity contribution in [1.29, 1.82) is 0 Å². The zero-order chi connectivity index (χ0) is 11.7. The van der Waals surface area contributed by atoms with Gasteiger partial charge >= 0.3 is 0 Å². The minimum atomic E-state index is 0.880. The Morgan fingerprint density at radius 1 is 1.24 bits per heavy atom. The van der Waals surface area contributed by atoms with E-state index in [0.29, 0.717) is 0 Å². The molecule has 0 saturated heterocycles. The standard InChI is InChI=1S/C12H9N3S2/c1-8-2-4-11-10(6-8)13-12(17-11)5-3-9-7-16-15-14-9/h2-7H,1H3/b5-3+. The molecule has 0 bridgehead atoms. The van der Waals surface area contributed by atoms with Gasteiger partial charge in [-0.15, -0.1) is 16.4 Å². The largest absolute Gasteiger partial charge is 0.237 e. The second-order valence-electron chi connectivity index (χ2n) is 3.69. The molecule has 84 valence electrons. The number of nitrogens with zero attached hydrogens (tertiary/aromatic N) is 3. The van der Waals surface area contributed by atoms with E-state index in [1.54, 1.807) is 11.3 Å². The van der Waals surface area contributed by atoms with Crippen LogP contribution in [0.25, 0.3) is 22.4 Å². The number of aryl methyl sites for hydroxylation is 1. The summed E-state index contributed by atoms with van der Waals surface area (Å²) in [5, 5.41) is 6.87. The Balaban J connectivity index is 1.96. The van der Waals surface area contributed by atoms with Crippen LogP contribution < -0.4 is 0 Å². The molecule has 0 amide bonds. The molecule has 0 spiro atoms. The summed E-state index contributed by atoms with van der Waals surface area (Å²) in [6, 6.07) is 6.33. The summed E-state index contributed by atoms with van der Waals surface area (Å²) in [4.78, 5) is 4.56. The number of fused-ring (bicyclic) bond motifs is 1. The van der Waals surface area contributed by atoms with Gasteiger partial charge in [-0.2, -0.15) is 0 Å². The smallest absolute Gasteiger partial charge is 0.117 e. The van der Waals surface area contributed by atoms with Crippen molar-refractivity contribution < 1.29 is 0 Å². The van der Waals surface area contributed by atoms with Crippen LogP contribution in [0.15, 0.2) is 23.6 Å². The van der Waals surface area contributed by atoms with E-state index in [0.717, 1.165) is 16.2 Å². The number of rotatable bonds is 2. The highest BCUT2D eigenvalue weighted by atomic mass is 32.1. The first-order valence-electron chi connectivity index (χ1n) is 5.13. The molecular weight excluding hydrogens is 250 g/mol. The molecule has 0 N–H and O–H groups in total. The van der Waals surface area contributed by atoms with Crippen LogP contribution in [0.1, 0.15) is 16.3 Å². The van der Waals surface area contributed by atoms with Crippen molar-refractivity contribution in [2.45, 2.75) is 6.92 Å². The molecule has 0 aliphatic carbocycles. The number of thiazole rings is 1. The zero-order valence-electron chi connectivity index (χ0n) is 9.12. The summed E-state index contributed by atoms with van der Waals surface area (Å²) < 4.78 is 5.03. The number of hydrogen-bond acceptors (Lipinski definition) is 5. The Hall–Kier alpha value is -1.59. The Morgan fingerprint density at radius 3 is 3.00 bits per heavy atom. The summed E-state index contributed by atoms with van der Waals surface area (Å²) in [6.45, 7) is 2.08. The Morgan fingerprint density at radius 2 is 2.18 bits per heavy atom. The van der Waals surface area contributed by atoms with E-state index in [4.69, 9.17) is 0 Å². The Bertz CT molecular complexity index is 668. The lowest BCUT2D eigenvalue weighted by Crippen LogP contribution is -1.73. The molecule has 2 aromatic heterocycles. The molecule has 0 aliphatic heterocycles. The second-order valence-corrected chi connectivity index (χ2v) is 5.36. The second kappa shape index (κ2) is 4.35. The van der Waals surface area contributed by atoms with E-state index in [-0.39, 0.29) is 0 Å². The minimum absolute atomic E-state index is 0.880. The van der Waals surface area contributed by atoms with E-state index in [1.165, 1.54) is 21.8 Å². The third kappa shape index (κ3) is 2.25. The third-order valence-corrected chi connectivity index (χ3v) is 3.86. The van der Waals surface area contributed by atoms with E-state index < -0.39 is 0 Å². The van der Waals surface area contributed by atoms with Crippen molar-refractivity contribution in [3.63, 3.8) is 0 Å². The van der Waals surface area contributed by atoms with Gasteiger partial charge in [0.25, 0.3) is 0 Å². The molecule has 0 atom stereocenters. The molecule has 17 heavy (non-hydrogen) atoms. The summed E-state index contributed by atoms with van der Waals surface area (Å²) in [7, 11) is 0. The first-order valence-corrected chi connectivity index (χ1v) is 6.79. The van der Waals surface area contributed by atoms with Crippen LogP contribution in [0.5, 0.6) is 0 Å². The van der Waals surface area contributed by atoms with Crippen LogP contribution in [-0.2, 0) is 0 Å². The predicted molar refractivity (Wildman–Crippen MR) is 73.2 cm³/mol. The average Bonchev–Trinajstić information content (AvgIpc) is 2.94. The molecule has 0 saturated carbocycles. The van der Waals surface area contributed by atoms with Gasteiger partial charge in [-0.3, -0.25) is 0 Å². The molecule has 0 fully saturated rings. The third-order valence-electron chi connectivity index (χ3n) is 2.33. The zero-order valence-corrected chi connectivity index (χ0v) is 10.8. The minimum Gasteiger partial charge on any atom is -0.237 e. The van der Waals surface area contributed by atoms with Gasteiger partial charge in [0.1, 0.15) is 5.01 Å². The van der Waals surface area contributed by atoms with Crippen molar-refractivity contribution in [1.82, 2.24) is 14.6 Å². The fourth-order valence-corrected chi connectivity index (χ4v) is 2.80. The molecule has 5 heteroatoms. The average molecular weight is 259 g/mol. The molecule has 1 aromatic carbocycles. The summed E-state index contributed by atoms with van der Waals surface area (Å²) in [5.74, 6) is 0. The van der Waals surface area contributed by atoms with Crippen molar-refractivity contribution in [2.75, 3.05) is 0 Å². The van der Waals surface area contributed by atoms with Gasteiger partial charge in [-0.25, -0.2) is 4.98 Å². The summed E-state index contributed by atoms with van der Waals surface area (Å²) in [6.07, 6.45) is 3.92. The lowest BCUT2D eigenvalue weighted by Gasteiger charge is -1.88. The SMILES string of the molecule is Cc1ccc2sc(/C=C/c3csnn3)nc2c1. The fourth-order valence-electron chi connectivity index (χ4n) is 1.53. The topological polar surface area (TPSA) is 38.7 Å². The van der Waals surface area contributed by atoms with Crippen molar-refractivity contribution in [3.8, 4) is 0 Å². The molecule has 2 heterocycles. The number of benzene rings is 1. The van der Waals surface area contributed by atoms with Crippen LogP contribution >= 0.6 is 22.9 Å². The van der Waals surface area contributed by atoms with E-state index in [9.17, 15) is 0 Å². The van der Waals surface area contributed by atoms with Crippen LogP contribution in [-0.4, -0.2) is 14.6 Å². The van der Waals surface area contributed by atoms with Gasteiger partial charge in [0.15, 0.2) is 0 Å². The lowest BCUT2D eigenvalue weighted by molar-refractivity contribution is 1.14. The van der Waals surface area contributed by atoms with E-state index in [2.05, 4.69) is 39.7 Å². The maximum Gasteiger partial charge on any atom is 0.117 e. The Labute approximate surface area is 107 Å². The highest BCUT2D eigenvalue weighted by Crippen LogP contribution is 2.24. The van der Waals surface area contributed by atoms with Crippen LogP contribution in [0.2, 0.25) is 0 Å². The highest BCUT2D eigenvalue weighted by molar-refractivity contribution is 7.19. The maximum atomic E-state index is 4.56. The molecule has 0 unspecified atom stereocenters. The van der Waals surface area contributed by atoms with Crippen LogP contribution in [0.4, 0.5) is 0 Å². The molecule has 3 nitrogen and oxygen atoms in total. The molecule has 3 aromatic rings. The van der Waals surface area contributed by atoms with Crippen molar-refractivity contribution in [2.24, 2.45) is 0 Å².